The lowest BCUT2D eigenvalue weighted by molar-refractivity contribution is -0.140. The maximum atomic E-state index is 14.5. The van der Waals surface area contributed by atoms with Gasteiger partial charge in [-0.3, -0.25) is 13.9 Å². The van der Waals surface area contributed by atoms with Gasteiger partial charge in [0.15, 0.2) is 0 Å². The lowest BCUT2D eigenvalue weighted by atomic mass is 10.0. The van der Waals surface area contributed by atoms with E-state index in [-0.39, 0.29) is 29.7 Å². The zero-order chi connectivity index (χ0) is 33.1. The number of hydrogen-bond donors (Lipinski definition) is 1. The monoisotopic (exact) mass is 641 g/mol. The van der Waals surface area contributed by atoms with Crippen LogP contribution >= 0.6 is 0 Å². The van der Waals surface area contributed by atoms with Gasteiger partial charge in [0, 0.05) is 19.5 Å². The van der Waals surface area contributed by atoms with E-state index >= 15 is 0 Å². The Morgan fingerprint density at radius 1 is 0.804 bits per heavy atom. The molecule has 1 atom stereocenters. The minimum Gasteiger partial charge on any atom is -0.494 e. The molecule has 242 valence electrons. The van der Waals surface area contributed by atoms with Crippen LogP contribution in [0.25, 0.3) is 0 Å². The van der Waals surface area contributed by atoms with Gasteiger partial charge in [0.05, 0.1) is 17.2 Å². The molecule has 46 heavy (non-hydrogen) atoms. The lowest BCUT2D eigenvalue weighted by Crippen LogP contribution is -2.53. The highest BCUT2D eigenvalue weighted by Gasteiger charge is 2.34. The van der Waals surface area contributed by atoms with Crippen molar-refractivity contribution in [3.8, 4) is 5.75 Å². The molecule has 0 unspecified atom stereocenters. The summed E-state index contributed by atoms with van der Waals surface area (Å²) in [6, 6.07) is 31.2. The molecular weight excluding hydrogens is 598 g/mol. The third-order valence-electron chi connectivity index (χ3n) is 7.47. The van der Waals surface area contributed by atoms with E-state index in [0.717, 1.165) is 21.0 Å². The standard InChI is InChI=1S/C37H43N3O5S/c1-5-45-33-20-18-32(19-21-33)40(46(43,44)34-22-16-29(4)17-23-34)27-36(41)39(26-31-14-10-7-11-15-31)35(37(42)38-25-28(2)3)24-30-12-8-6-9-13-30/h6-23,28,35H,5,24-27H2,1-4H3,(H,38,42)/t35-/m0/s1. The molecule has 4 aromatic carbocycles. The molecule has 0 aromatic heterocycles. The molecule has 8 nitrogen and oxygen atoms in total. The van der Waals surface area contributed by atoms with E-state index in [1.165, 1.54) is 17.0 Å². The first kappa shape index (κ1) is 34.2. The van der Waals surface area contributed by atoms with E-state index in [4.69, 9.17) is 4.74 Å². The highest BCUT2D eigenvalue weighted by Crippen LogP contribution is 2.27. The SMILES string of the molecule is CCOc1ccc(N(CC(=O)N(Cc2ccccc2)[C@@H](Cc2ccccc2)C(=O)NCC(C)C)S(=O)(=O)c2ccc(C)cc2)cc1. The molecule has 1 N–H and O–H groups in total. The molecular formula is C37H43N3O5S. The Balaban J connectivity index is 1.78. The molecule has 0 radical (unpaired) electrons. The number of ether oxygens (including phenoxy) is 1. The first-order valence-corrected chi connectivity index (χ1v) is 17.0. The summed E-state index contributed by atoms with van der Waals surface area (Å²) >= 11 is 0. The molecule has 4 rings (SSSR count). The van der Waals surface area contributed by atoms with Crippen molar-refractivity contribution >= 4 is 27.5 Å². The van der Waals surface area contributed by atoms with E-state index in [2.05, 4.69) is 5.32 Å². The quantitative estimate of drug-likeness (QED) is 0.172. The fraction of sp³-hybridized carbons (Fsp3) is 0.297. The van der Waals surface area contributed by atoms with Crippen molar-refractivity contribution in [2.45, 2.75) is 51.6 Å². The van der Waals surface area contributed by atoms with Gasteiger partial charge in [-0.05, 0) is 67.3 Å². The summed E-state index contributed by atoms with van der Waals surface area (Å²) in [6.07, 6.45) is 0.261. The van der Waals surface area contributed by atoms with Crippen LogP contribution in [0, 0.1) is 12.8 Å². The molecule has 0 saturated carbocycles. The zero-order valence-corrected chi connectivity index (χ0v) is 27.7. The van der Waals surface area contributed by atoms with Gasteiger partial charge in [-0.25, -0.2) is 8.42 Å². The van der Waals surface area contributed by atoms with Crippen LogP contribution in [0.3, 0.4) is 0 Å². The predicted molar refractivity (Wildman–Crippen MR) is 182 cm³/mol. The molecule has 0 fully saturated rings. The molecule has 0 aliphatic carbocycles. The summed E-state index contributed by atoms with van der Waals surface area (Å²) in [6.45, 7) is 8.26. The average molecular weight is 642 g/mol. The van der Waals surface area contributed by atoms with Crippen molar-refractivity contribution in [3.63, 3.8) is 0 Å². The number of aryl methyl sites for hydroxylation is 1. The van der Waals surface area contributed by atoms with Crippen molar-refractivity contribution in [2.75, 3.05) is 24.0 Å². The van der Waals surface area contributed by atoms with Crippen molar-refractivity contribution in [3.05, 3.63) is 126 Å². The minimum absolute atomic E-state index is 0.0601. The molecule has 0 heterocycles. The van der Waals surface area contributed by atoms with Gasteiger partial charge in [-0.1, -0.05) is 92.2 Å². The minimum atomic E-state index is -4.18. The van der Waals surface area contributed by atoms with Crippen molar-refractivity contribution in [1.29, 1.82) is 0 Å². The van der Waals surface area contributed by atoms with Gasteiger partial charge >= 0.3 is 0 Å². The summed E-state index contributed by atoms with van der Waals surface area (Å²) in [5.74, 6) is -0.0139. The largest absolute Gasteiger partial charge is 0.494 e. The van der Waals surface area contributed by atoms with Gasteiger partial charge < -0.3 is 15.0 Å². The third kappa shape index (κ3) is 9.20. The molecule has 0 aliphatic heterocycles. The number of carbonyl (C=O) groups excluding carboxylic acids is 2. The first-order chi connectivity index (χ1) is 22.1. The second kappa shape index (κ2) is 16.1. The number of amides is 2. The number of nitrogens with zero attached hydrogens (tertiary/aromatic N) is 2. The normalized spacial score (nSPS) is 11.9. The van der Waals surface area contributed by atoms with Crippen LogP contribution in [-0.4, -0.2) is 50.9 Å². The number of sulfonamides is 1. The van der Waals surface area contributed by atoms with Crippen LogP contribution in [0.15, 0.2) is 114 Å². The van der Waals surface area contributed by atoms with Crippen molar-refractivity contribution in [2.24, 2.45) is 5.92 Å². The fourth-order valence-electron chi connectivity index (χ4n) is 5.00. The van der Waals surface area contributed by atoms with E-state index in [1.54, 1.807) is 36.4 Å². The topological polar surface area (TPSA) is 96.0 Å². The summed E-state index contributed by atoms with van der Waals surface area (Å²) < 4.78 is 35.1. The van der Waals surface area contributed by atoms with E-state index in [9.17, 15) is 18.0 Å². The second-order valence-corrected chi connectivity index (χ2v) is 13.5. The Kier molecular flexibility index (Phi) is 12.0. The molecule has 0 spiro atoms. The second-order valence-electron chi connectivity index (χ2n) is 11.6. The van der Waals surface area contributed by atoms with Gasteiger partial charge in [-0.2, -0.15) is 0 Å². The van der Waals surface area contributed by atoms with Gasteiger partial charge in [-0.15, -0.1) is 0 Å². The summed E-state index contributed by atoms with van der Waals surface area (Å²) in [5, 5.41) is 3.01. The summed E-state index contributed by atoms with van der Waals surface area (Å²) in [7, 11) is -4.18. The average Bonchev–Trinajstić information content (AvgIpc) is 3.05. The number of carbonyl (C=O) groups is 2. The Morgan fingerprint density at radius 2 is 1.39 bits per heavy atom. The highest BCUT2D eigenvalue weighted by atomic mass is 32.2. The van der Waals surface area contributed by atoms with E-state index in [1.807, 2.05) is 88.4 Å². The summed E-state index contributed by atoms with van der Waals surface area (Å²) in [4.78, 5) is 29.9. The van der Waals surface area contributed by atoms with Crippen LogP contribution in [0.2, 0.25) is 0 Å². The number of benzene rings is 4. The number of nitrogens with one attached hydrogen (secondary N) is 1. The lowest BCUT2D eigenvalue weighted by Gasteiger charge is -2.34. The zero-order valence-electron chi connectivity index (χ0n) is 26.9. The Labute approximate surface area is 273 Å². The molecule has 9 heteroatoms. The number of hydrogen-bond acceptors (Lipinski definition) is 5. The molecule has 0 bridgehead atoms. The van der Waals surface area contributed by atoms with Crippen LogP contribution in [0.5, 0.6) is 5.75 Å². The van der Waals surface area contributed by atoms with Gasteiger partial charge in [0.1, 0.15) is 18.3 Å². The highest BCUT2D eigenvalue weighted by molar-refractivity contribution is 7.92. The fourth-order valence-corrected chi connectivity index (χ4v) is 6.41. The predicted octanol–water partition coefficient (Wildman–Crippen LogP) is 6.00. The first-order valence-electron chi connectivity index (χ1n) is 15.6. The number of rotatable bonds is 15. The third-order valence-corrected chi connectivity index (χ3v) is 9.26. The van der Waals surface area contributed by atoms with Crippen molar-refractivity contribution < 1.29 is 22.7 Å². The Morgan fingerprint density at radius 3 is 1.96 bits per heavy atom. The summed E-state index contributed by atoms with van der Waals surface area (Å²) in [5.41, 5.74) is 2.92. The number of anilines is 1. The van der Waals surface area contributed by atoms with Gasteiger partial charge in [0.2, 0.25) is 11.8 Å². The van der Waals surface area contributed by atoms with Crippen LogP contribution in [-0.2, 0) is 32.6 Å². The molecule has 0 aliphatic rings. The smallest absolute Gasteiger partial charge is 0.264 e. The van der Waals surface area contributed by atoms with Gasteiger partial charge in [0.25, 0.3) is 10.0 Å². The van der Waals surface area contributed by atoms with E-state index in [0.29, 0.717) is 24.6 Å². The molecule has 2 amide bonds. The van der Waals surface area contributed by atoms with Crippen LogP contribution in [0.1, 0.15) is 37.5 Å². The maximum Gasteiger partial charge on any atom is 0.264 e. The van der Waals surface area contributed by atoms with Crippen LogP contribution < -0.4 is 14.4 Å². The maximum absolute atomic E-state index is 14.5. The van der Waals surface area contributed by atoms with E-state index < -0.39 is 28.5 Å². The Hall–Kier alpha value is -4.63. The Bertz CT molecular complexity index is 1660. The molecule has 4 aromatic rings. The van der Waals surface area contributed by atoms with Crippen LogP contribution in [0.4, 0.5) is 5.69 Å². The van der Waals surface area contributed by atoms with Crippen molar-refractivity contribution in [1.82, 2.24) is 10.2 Å². The molecule has 0 saturated heterocycles.